The van der Waals surface area contributed by atoms with Crippen molar-refractivity contribution in [3.63, 3.8) is 0 Å². The highest BCUT2D eigenvalue weighted by molar-refractivity contribution is 9.10. The monoisotopic (exact) mass is 299 g/mol. The topological polar surface area (TPSA) is 21.7 Å². The molecule has 0 aromatic heterocycles. The average Bonchev–Trinajstić information content (AvgIpc) is 2.37. The van der Waals surface area contributed by atoms with Gasteiger partial charge in [0.2, 0.25) is 0 Å². The maximum Gasteiger partial charge on any atom is 0.120 e. The molecule has 1 aromatic carbocycles. The second-order valence-electron chi connectivity index (χ2n) is 4.15. The average molecular weight is 300 g/mol. The Kier molecular flexibility index (Phi) is 4.83. The molecule has 0 aliphatic carbocycles. The molecule has 1 atom stereocenters. The molecule has 0 bridgehead atoms. The lowest BCUT2D eigenvalue weighted by molar-refractivity contribution is -0.0464. The van der Waals surface area contributed by atoms with Gasteiger partial charge in [-0.05, 0) is 24.7 Å². The Morgan fingerprint density at radius 2 is 2.41 bits per heavy atom. The van der Waals surface area contributed by atoms with Crippen LogP contribution in [-0.2, 0) is 4.74 Å². The quantitative estimate of drug-likeness (QED) is 0.853. The summed E-state index contributed by atoms with van der Waals surface area (Å²) in [5.41, 5.74) is 0. The number of likely N-dealkylation sites (N-methyl/N-ethyl adjacent to an activating group) is 1. The Bertz CT molecular complexity index is 359. The SMILES string of the molecule is CCN1CCOC(COc2cccc(Br)c2)C1. The van der Waals surface area contributed by atoms with E-state index in [0.29, 0.717) is 6.61 Å². The summed E-state index contributed by atoms with van der Waals surface area (Å²) in [7, 11) is 0. The molecule has 1 aromatic rings. The van der Waals surface area contributed by atoms with Crippen molar-refractivity contribution in [1.29, 1.82) is 0 Å². The third kappa shape index (κ3) is 3.98. The Hall–Kier alpha value is -0.580. The van der Waals surface area contributed by atoms with Gasteiger partial charge >= 0.3 is 0 Å². The van der Waals surface area contributed by atoms with E-state index >= 15 is 0 Å². The van der Waals surface area contributed by atoms with Gasteiger partial charge in [0.25, 0.3) is 0 Å². The summed E-state index contributed by atoms with van der Waals surface area (Å²) in [5, 5.41) is 0. The Balaban J connectivity index is 1.81. The zero-order valence-corrected chi connectivity index (χ0v) is 11.6. The lowest BCUT2D eigenvalue weighted by Gasteiger charge is -2.31. The van der Waals surface area contributed by atoms with Gasteiger partial charge < -0.3 is 9.47 Å². The molecule has 1 unspecified atom stereocenters. The van der Waals surface area contributed by atoms with Crippen molar-refractivity contribution in [2.75, 3.05) is 32.8 Å². The fourth-order valence-electron chi connectivity index (χ4n) is 1.91. The van der Waals surface area contributed by atoms with Gasteiger partial charge in [-0.3, -0.25) is 4.90 Å². The molecule has 1 heterocycles. The number of morpholine rings is 1. The van der Waals surface area contributed by atoms with E-state index in [1.165, 1.54) is 0 Å². The van der Waals surface area contributed by atoms with Gasteiger partial charge in [-0.1, -0.05) is 28.9 Å². The van der Waals surface area contributed by atoms with Crippen LogP contribution in [0.2, 0.25) is 0 Å². The smallest absolute Gasteiger partial charge is 0.120 e. The second-order valence-corrected chi connectivity index (χ2v) is 5.07. The largest absolute Gasteiger partial charge is 0.491 e. The number of hydrogen-bond acceptors (Lipinski definition) is 3. The minimum absolute atomic E-state index is 0.183. The Morgan fingerprint density at radius 1 is 1.53 bits per heavy atom. The molecule has 1 aliphatic rings. The molecule has 4 heteroatoms. The highest BCUT2D eigenvalue weighted by Gasteiger charge is 2.19. The van der Waals surface area contributed by atoms with E-state index < -0.39 is 0 Å². The van der Waals surface area contributed by atoms with Gasteiger partial charge in [0.15, 0.2) is 0 Å². The lowest BCUT2D eigenvalue weighted by Crippen LogP contribution is -2.44. The van der Waals surface area contributed by atoms with E-state index in [1.54, 1.807) is 0 Å². The molecular formula is C13H18BrNO2. The Morgan fingerprint density at radius 3 is 3.18 bits per heavy atom. The van der Waals surface area contributed by atoms with Crippen molar-refractivity contribution >= 4 is 15.9 Å². The van der Waals surface area contributed by atoms with Crippen LogP contribution in [0.4, 0.5) is 0 Å². The molecule has 17 heavy (non-hydrogen) atoms. The van der Waals surface area contributed by atoms with Crippen molar-refractivity contribution in [2.24, 2.45) is 0 Å². The van der Waals surface area contributed by atoms with E-state index in [9.17, 15) is 0 Å². The predicted octanol–water partition coefficient (Wildman–Crippen LogP) is 2.55. The van der Waals surface area contributed by atoms with E-state index in [1.807, 2.05) is 24.3 Å². The van der Waals surface area contributed by atoms with Crippen LogP contribution >= 0.6 is 15.9 Å². The molecule has 0 amide bonds. The fourth-order valence-corrected chi connectivity index (χ4v) is 2.29. The van der Waals surface area contributed by atoms with Gasteiger partial charge in [0.1, 0.15) is 18.5 Å². The van der Waals surface area contributed by atoms with Crippen LogP contribution in [0, 0.1) is 0 Å². The number of rotatable bonds is 4. The van der Waals surface area contributed by atoms with Gasteiger partial charge in [0.05, 0.1) is 6.61 Å². The van der Waals surface area contributed by atoms with Crippen molar-refractivity contribution in [2.45, 2.75) is 13.0 Å². The van der Waals surface area contributed by atoms with Gasteiger partial charge in [-0.15, -0.1) is 0 Å². The van der Waals surface area contributed by atoms with Crippen LogP contribution in [-0.4, -0.2) is 43.9 Å². The first-order valence-electron chi connectivity index (χ1n) is 6.00. The molecule has 3 nitrogen and oxygen atoms in total. The highest BCUT2D eigenvalue weighted by Crippen LogP contribution is 2.18. The molecule has 2 rings (SSSR count). The molecular weight excluding hydrogens is 282 g/mol. The second kappa shape index (κ2) is 6.38. The van der Waals surface area contributed by atoms with Gasteiger partial charge in [0, 0.05) is 17.6 Å². The molecule has 1 fully saturated rings. The predicted molar refractivity (Wildman–Crippen MR) is 71.5 cm³/mol. The van der Waals surface area contributed by atoms with Crippen LogP contribution in [0.1, 0.15) is 6.92 Å². The maximum absolute atomic E-state index is 5.74. The summed E-state index contributed by atoms with van der Waals surface area (Å²) < 4.78 is 12.5. The summed E-state index contributed by atoms with van der Waals surface area (Å²) in [6.07, 6.45) is 0.183. The van der Waals surface area contributed by atoms with Crippen molar-refractivity contribution in [3.8, 4) is 5.75 Å². The molecule has 0 spiro atoms. The summed E-state index contributed by atoms with van der Waals surface area (Å²) >= 11 is 3.43. The fraction of sp³-hybridized carbons (Fsp3) is 0.538. The summed E-state index contributed by atoms with van der Waals surface area (Å²) in [4.78, 5) is 2.39. The first-order valence-corrected chi connectivity index (χ1v) is 6.79. The number of ether oxygens (including phenoxy) is 2. The number of halogens is 1. The zero-order chi connectivity index (χ0) is 12.1. The minimum atomic E-state index is 0.183. The molecule has 0 saturated carbocycles. The summed E-state index contributed by atoms with van der Waals surface area (Å²) in [6, 6.07) is 7.90. The van der Waals surface area contributed by atoms with E-state index in [2.05, 4.69) is 27.8 Å². The third-order valence-corrected chi connectivity index (χ3v) is 3.40. The minimum Gasteiger partial charge on any atom is -0.491 e. The van der Waals surface area contributed by atoms with Gasteiger partial charge in [-0.2, -0.15) is 0 Å². The first-order chi connectivity index (χ1) is 8.28. The maximum atomic E-state index is 5.74. The molecule has 0 radical (unpaired) electrons. The van der Waals surface area contributed by atoms with Crippen LogP contribution in [0.5, 0.6) is 5.75 Å². The van der Waals surface area contributed by atoms with E-state index in [-0.39, 0.29) is 6.10 Å². The van der Waals surface area contributed by atoms with Crippen LogP contribution in [0.25, 0.3) is 0 Å². The lowest BCUT2D eigenvalue weighted by atomic mass is 10.3. The molecule has 1 aliphatic heterocycles. The summed E-state index contributed by atoms with van der Waals surface area (Å²) in [5.74, 6) is 0.886. The normalized spacial score (nSPS) is 21.4. The van der Waals surface area contributed by atoms with Crippen LogP contribution < -0.4 is 4.74 Å². The van der Waals surface area contributed by atoms with Gasteiger partial charge in [-0.25, -0.2) is 0 Å². The van der Waals surface area contributed by atoms with E-state index in [0.717, 1.165) is 36.5 Å². The number of nitrogens with zero attached hydrogens (tertiary/aromatic N) is 1. The van der Waals surface area contributed by atoms with Crippen LogP contribution in [0.15, 0.2) is 28.7 Å². The zero-order valence-electron chi connectivity index (χ0n) is 10.1. The first kappa shape index (κ1) is 12.9. The summed E-state index contributed by atoms with van der Waals surface area (Å²) in [6.45, 7) is 6.68. The van der Waals surface area contributed by atoms with E-state index in [4.69, 9.17) is 9.47 Å². The Labute approximate surface area is 111 Å². The number of hydrogen-bond donors (Lipinski definition) is 0. The molecule has 1 saturated heterocycles. The standard InChI is InChI=1S/C13H18BrNO2/c1-2-15-6-7-16-13(9-15)10-17-12-5-3-4-11(14)8-12/h3-5,8,13H,2,6-7,9-10H2,1H3. The highest BCUT2D eigenvalue weighted by atomic mass is 79.9. The van der Waals surface area contributed by atoms with Crippen molar-refractivity contribution in [1.82, 2.24) is 4.90 Å². The number of benzene rings is 1. The molecule has 94 valence electrons. The van der Waals surface area contributed by atoms with Crippen LogP contribution in [0.3, 0.4) is 0 Å². The molecule has 0 N–H and O–H groups in total. The van der Waals surface area contributed by atoms with Crippen molar-refractivity contribution in [3.05, 3.63) is 28.7 Å². The third-order valence-electron chi connectivity index (χ3n) is 2.90. The van der Waals surface area contributed by atoms with Crippen molar-refractivity contribution < 1.29 is 9.47 Å².